The van der Waals surface area contributed by atoms with Crippen LogP contribution in [0.4, 0.5) is 0 Å². The summed E-state index contributed by atoms with van der Waals surface area (Å²) in [6.07, 6.45) is 8.97. The molecule has 2 saturated carbocycles. The van der Waals surface area contributed by atoms with Crippen LogP contribution in [0.5, 0.6) is 0 Å². The van der Waals surface area contributed by atoms with E-state index in [4.69, 9.17) is 0 Å². The maximum atomic E-state index is 12.5. The maximum Gasteiger partial charge on any atom is 0.228 e. The molecule has 0 aromatic carbocycles. The first-order valence-corrected chi connectivity index (χ1v) is 7.34. The zero-order valence-corrected chi connectivity index (χ0v) is 11.7. The zero-order chi connectivity index (χ0) is 12.5. The van der Waals surface area contributed by atoms with Crippen LogP contribution in [0.1, 0.15) is 65.7 Å². The largest absolute Gasteiger partial charge is 0.340 e. The predicted octanol–water partition coefficient (Wildman–Crippen LogP) is 3.60. The molecule has 98 valence electrons. The average molecular weight is 237 g/mol. The highest BCUT2D eigenvalue weighted by atomic mass is 16.2. The van der Waals surface area contributed by atoms with E-state index < -0.39 is 0 Å². The molecule has 0 aliphatic heterocycles. The van der Waals surface area contributed by atoms with Gasteiger partial charge >= 0.3 is 0 Å². The summed E-state index contributed by atoms with van der Waals surface area (Å²) in [5.74, 6) is 1.18. The molecule has 2 nitrogen and oxygen atoms in total. The second-order valence-corrected chi connectivity index (χ2v) is 6.62. The quantitative estimate of drug-likeness (QED) is 0.731. The molecule has 2 aliphatic rings. The van der Waals surface area contributed by atoms with Crippen molar-refractivity contribution in [2.45, 2.75) is 71.8 Å². The summed E-state index contributed by atoms with van der Waals surface area (Å²) in [5.41, 5.74) is -0.00105. The second kappa shape index (κ2) is 4.99. The molecule has 1 amide bonds. The molecule has 0 saturated heterocycles. The van der Waals surface area contributed by atoms with Crippen LogP contribution in [-0.2, 0) is 4.79 Å². The van der Waals surface area contributed by atoms with Gasteiger partial charge in [-0.3, -0.25) is 4.79 Å². The summed E-state index contributed by atoms with van der Waals surface area (Å²) in [4.78, 5) is 14.6. The molecule has 0 radical (unpaired) electrons. The van der Waals surface area contributed by atoms with Crippen molar-refractivity contribution in [1.82, 2.24) is 4.90 Å². The van der Waals surface area contributed by atoms with Gasteiger partial charge in [-0.1, -0.05) is 26.2 Å². The molecule has 0 aromatic heterocycles. The van der Waals surface area contributed by atoms with Gasteiger partial charge in [0.2, 0.25) is 5.91 Å². The first kappa shape index (κ1) is 12.9. The number of nitrogens with zero attached hydrogens (tertiary/aromatic N) is 1. The Morgan fingerprint density at radius 1 is 1.24 bits per heavy atom. The number of carbonyl (C=O) groups is 1. The SMILES string of the molecule is CC(C)N(CC1CCCCC1)C(=O)C1(C)CC1. The van der Waals surface area contributed by atoms with Gasteiger partial charge in [0, 0.05) is 18.0 Å². The van der Waals surface area contributed by atoms with Crippen LogP contribution in [-0.4, -0.2) is 23.4 Å². The molecule has 0 aromatic rings. The Balaban J connectivity index is 1.94. The molecule has 0 bridgehead atoms. The van der Waals surface area contributed by atoms with Crippen molar-refractivity contribution in [2.24, 2.45) is 11.3 Å². The van der Waals surface area contributed by atoms with Gasteiger partial charge in [0.15, 0.2) is 0 Å². The fourth-order valence-electron chi connectivity index (χ4n) is 2.92. The van der Waals surface area contributed by atoms with E-state index in [-0.39, 0.29) is 5.41 Å². The predicted molar refractivity (Wildman–Crippen MR) is 70.8 cm³/mol. The molecule has 2 heteroatoms. The molecule has 0 unspecified atom stereocenters. The summed E-state index contributed by atoms with van der Waals surface area (Å²) in [7, 11) is 0. The van der Waals surface area contributed by atoms with Crippen LogP contribution in [0.25, 0.3) is 0 Å². The monoisotopic (exact) mass is 237 g/mol. The van der Waals surface area contributed by atoms with E-state index in [1.807, 2.05) is 0 Å². The summed E-state index contributed by atoms with van der Waals surface area (Å²) in [5, 5.41) is 0. The molecule has 0 N–H and O–H groups in total. The van der Waals surface area contributed by atoms with Gasteiger partial charge in [0.1, 0.15) is 0 Å². The highest BCUT2D eigenvalue weighted by Gasteiger charge is 2.47. The highest BCUT2D eigenvalue weighted by molar-refractivity contribution is 5.85. The van der Waals surface area contributed by atoms with Crippen molar-refractivity contribution in [3.8, 4) is 0 Å². The molecular weight excluding hydrogens is 210 g/mol. The average Bonchev–Trinajstić information content (AvgIpc) is 3.06. The molecule has 0 heterocycles. The van der Waals surface area contributed by atoms with Crippen molar-refractivity contribution in [3.63, 3.8) is 0 Å². The maximum absolute atomic E-state index is 12.5. The first-order chi connectivity index (χ1) is 8.03. The number of hydrogen-bond acceptors (Lipinski definition) is 1. The van der Waals surface area contributed by atoms with E-state index >= 15 is 0 Å². The summed E-state index contributed by atoms with van der Waals surface area (Å²) in [6, 6.07) is 0.363. The fraction of sp³-hybridized carbons (Fsp3) is 0.933. The van der Waals surface area contributed by atoms with Crippen LogP contribution in [0.2, 0.25) is 0 Å². The van der Waals surface area contributed by atoms with Crippen LogP contribution in [0, 0.1) is 11.3 Å². The molecule has 2 fully saturated rings. The van der Waals surface area contributed by atoms with E-state index in [2.05, 4.69) is 25.7 Å². The van der Waals surface area contributed by atoms with Gasteiger partial charge in [-0.25, -0.2) is 0 Å². The Bertz CT molecular complexity index is 275. The lowest BCUT2D eigenvalue weighted by Gasteiger charge is -2.34. The summed E-state index contributed by atoms with van der Waals surface area (Å²) >= 11 is 0. The van der Waals surface area contributed by atoms with Gasteiger partial charge in [-0.2, -0.15) is 0 Å². The lowest BCUT2D eigenvalue weighted by Crippen LogP contribution is -2.44. The van der Waals surface area contributed by atoms with E-state index in [1.54, 1.807) is 0 Å². The Hall–Kier alpha value is -0.530. The third kappa shape index (κ3) is 3.02. The number of rotatable bonds is 4. The van der Waals surface area contributed by atoms with Crippen molar-refractivity contribution in [1.29, 1.82) is 0 Å². The van der Waals surface area contributed by atoms with E-state index in [0.29, 0.717) is 11.9 Å². The normalized spacial score (nSPS) is 23.8. The number of hydrogen-bond donors (Lipinski definition) is 0. The number of amides is 1. The van der Waals surface area contributed by atoms with Crippen LogP contribution >= 0.6 is 0 Å². The Labute approximate surface area is 106 Å². The van der Waals surface area contributed by atoms with Crippen LogP contribution < -0.4 is 0 Å². The van der Waals surface area contributed by atoms with Crippen molar-refractivity contribution in [2.75, 3.05) is 6.54 Å². The minimum atomic E-state index is -0.00105. The Morgan fingerprint density at radius 2 is 1.82 bits per heavy atom. The Morgan fingerprint density at radius 3 is 2.29 bits per heavy atom. The third-order valence-electron chi connectivity index (χ3n) is 4.58. The third-order valence-corrected chi connectivity index (χ3v) is 4.58. The minimum Gasteiger partial charge on any atom is -0.340 e. The lowest BCUT2D eigenvalue weighted by atomic mass is 9.88. The first-order valence-electron chi connectivity index (χ1n) is 7.34. The second-order valence-electron chi connectivity index (χ2n) is 6.62. The smallest absolute Gasteiger partial charge is 0.228 e. The zero-order valence-electron chi connectivity index (χ0n) is 11.7. The highest BCUT2D eigenvalue weighted by Crippen LogP contribution is 2.47. The van der Waals surface area contributed by atoms with Gasteiger partial charge in [0.25, 0.3) is 0 Å². The summed E-state index contributed by atoms with van der Waals surface area (Å²) in [6.45, 7) is 7.45. The van der Waals surface area contributed by atoms with Crippen molar-refractivity contribution in [3.05, 3.63) is 0 Å². The minimum absolute atomic E-state index is 0.00105. The lowest BCUT2D eigenvalue weighted by molar-refractivity contribution is -0.139. The fourth-order valence-corrected chi connectivity index (χ4v) is 2.92. The van der Waals surface area contributed by atoms with E-state index in [9.17, 15) is 4.79 Å². The van der Waals surface area contributed by atoms with Crippen molar-refractivity contribution < 1.29 is 4.79 Å². The van der Waals surface area contributed by atoms with Gasteiger partial charge < -0.3 is 4.90 Å². The van der Waals surface area contributed by atoms with Crippen LogP contribution in [0.3, 0.4) is 0 Å². The molecule has 2 rings (SSSR count). The molecule has 17 heavy (non-hydrogen) atoms. The standard InChI is InChI=1S/C15H27NO/c1-12(2)16(14(17)15(3)9-10-15)11-13-7-5-4-6-8-13/h12-13H,4-11H2,1-3H3. The molecule has 0 spiro atoms. The number of carbonyl (C=O) groups excluding carboxylic acids is 1. The van der Waals surface area contributed by atoms with E-state index in [0.717, 1.165) is 25.3 Å². The van der Waals surface area contributed by atoms with Crippen molar-refractivity contribution >= 4 is 5.91 Å². The van der Waals surface area contributed by atoms with Gasteiger partial charge in [0.05, 0.1) is 0 Å². The van der Waals surface area contributed by atoms with E-state index in [1.165, 1.54) is 32.1 Å². The van der Waals surface area contributed by atoms with Gasteiger partial charge in [-0.15, -0.1) is 0 Å². The Kier molecular flexibility index (Phi) is 3.79. The molecule has 0 atom stereocenters. The molecular formula is C15H27NO. The topological polar surface area (TPSA) is 20.3 Å². The molecule has 2 aliphatic carbocycles. The van der Waals surface area contributed by atoms with Gasteiger partial charge in [-0.05, 0) is 45.4 Å². The summed E-state index contributed by atoms with van der Waals surface area (Å²) < 4.78 is 0. The van der Waals surface area contributed by atoms with Crippen LogP contribution in [0.15, 0.2) is 0 Å².